The molecular weight excluding hydrogens is 406 g/mol. The Morgan fingerprint density at radius 1 is 1.07 bits per heavy atom. The quantitative estimate of drug-likeness (QED) is 0.381. The second-order valence-electron chi connectivity index (χ2n) is 8.19. The topological polar surface area (TPSA) is 103 Å². The minimum atomic E-state index is -4.07. The number of carbonyl (C=O) groups is 2. The fraction of sp³-hybridized carbons (Fsp3) is 0.273. The molecule has 0 amide bonds. The van der Waals surface area contributed by atoms with Crippen LogP contribution in [0, 0.1) is 12.3 Å². The van der Waals surface area contributed by atoms with Gasteiger partial charge in [-0.05, 0) is 46.8 Å². The van der Waals surface area contributed by atoms with E-state index in [1.165, 1.54) is 37.4 Å². The number of nitrogens with zero attached hydrogens (tertiary/aromatic N) is 1. The van der Waals surface area contributed by atoms with Gasteiger partial charge in [0.25, 0.3) is 10.0 Å². The number of aromatic nitrogens is 1. The van der Waals surface area contributed by atoms with E-state index in [0.717, 1.165) is 9.54 Å². The summed E-state index contributed by atoms with van der Waals surface area (Å²) in [5, 5.41) is 10.6. The molecule has 0 aliphatic heterocycles. The molecule has 30 heavy (non-hydrogen) atoms. The van der Waals surface area contributed by atoms with Crippen LogP contribution in [0.4, 0.5) is 0 Å². The van der Waals surface area contributed by atoms with Crippen LogP contribution in [-0.2, 0) is 14.8 Å². The number of carbonyl (C=O) groups excluding carboxylic acids is 2. The van der Waals surface area contributed by atoms with Gasteiger partial charge in [-0.3, -0.25) is 9.59 Å². The monoisotopic (exact) mass is 429 g/mol. The molecule has 0 spiro atoms. The Labute approximate surface area is 175 Å². The number of aryl methyl sites for hydroxylation is 1. The molecule has 0 saturated heterocycles. The maximum absolute atomic E-state index is 13.3. The third kappa shape index (κ3) is 3.82. The van der Waals surface area contributed by atoms with Crippen LogP contribution < -0.4 is 4.74 Å². The number of phenolic OH excluding ortho intramolecular Hbond substituents is 1. The summed E-state index contributed by atoms with van der Waals surface area (Å²) < 4.78 is 32.8. The lowest BCUT2D eigenvalue weighted by atomic mass is 9.97. The lowest BCUT2D eigenvalue weighted by Crippen LogP contribution is -2.25. The molecule has 0 atom stereocenters. The number of hydrogen-bond acceptors (Lipinski definition) is 6. The molecule has 1 aromatic heterocycles. The lowest BCUT2D eigenvalue weighted by molar-refractivity contribution is -0.142. The van der Waals surface area contributed by atoms with Gasteiger partial charge >= 0.3 is 5.97 Å². The summed E-state index contributed by atoms with van der Waals surface area (Å²) in [4.78, 5) is 24.4. The summed E-state index contributed by atoms with van der Waals surface area (Å²) in [5.41, 5.74) is 0.180. The van der Waals surface area contributed by atoms with E-state index in [0.29, 0.717) is 0 Å². The molecule has 0 saturated carbocycles. The van der Waals surface area contributed by atoms with Crippen molar-refractivity contribution in [3.05, 3.63) is 53.7 Å². The van der Waals surface area contributed by atoms with E-state index in [-0.39, 0.29) is 32.9 Å². The second-order valence-corrected chi connectivity index (χ2v) is 10.0. The molecule has 1 heterocycles. The number of esters is 1. The van der Waals surface area contributed by atoms with Gasteiger partial charge in [0.05, 0.1) is 21.2 Å². The van der Waals surface area contributed by atoms with Crippen LogP contribution >= 0.6 is 0 Å². The molecule has 0 unspecified atom stereocenters. The predicted molar refractivity (Wildman–Crippen MR) is 112 cm³/mol. The zero-order valence-corrected chi connectivity index (χ0v) is 18.2. The van der Waals surface area contributed by atoms with Crippen LogP contribution in [0.5, 0.6) is 11.5 Å². The number of fused-ring (bicyclic) bond motifs is 1. The van der Waals surface area contributed by atoms with Gasteiger partial charge in [-0.25, -0.2) is 12.4 Å². The van der Waals surface area contributed by atoms with Crippen LogP contribution in [0.15, 0.2) is 47.5 Å². The van der Waals surface area contributed by atoms with Crippen molar-refractivity contribution in [3.63, 3.8) is 0 Å². The second kappa shape index (κ2) is 7.28. The molecule has 3 aromatic rings. The standard InChI is InChI=1S/C22H23NO6S/c1-13-6-8-16(9-7-13)30(27,28)23-12-17(14(2)24)20-18(23)10-15(11-19(20)25)29-21(26)22(3,4)5/h6-12,25H,1-5H3. The summed E-state index contributed by atoms with van der Waals surface area (Å²) in [7, 11) is -4.07. The van der Waals surface area contributed by atoms with Gasteiger partial charge in [0.2, 0.25) is 0 Å². The van der Waals surface area contributed by atoms with E-state index in [2.05, 4.69) is 0 Å². The average molecular weight is 429 g/mol. The number of aromatic hydroxyl groups is 1. The Balaban J connectivity index is 2.27. The molecule has 0 aliphatic rings. The van der Waals surface area contributed by atoms with Crippen LogP contribution in [0.2, 0.25) is 0 Å². The highest BCUT2D eigenvalue weighted by atomic mass is 32.2. The van der Waals surface area contributed by atoms with Gasteiger partial charge in [0, 0.05) is 23.9 Å². The minimum Gasteiger partial charge on any atom is -0.507 e. The Morgan fingerprint density at radius 3 is 2.20 bits per heavy atom. The summed E-state index contributed by atoms with van der Waals surface area (Å²) in [6.45, 7) is 8.14. The zero-order valence-electron chi connectivity index (χ0n) is 17.4. The van der Waals surface area contributed by atoms with Crippen molar-refractivity contribution >= 4 is 32.7 Å². The molecular formula is C22H23NO6S. The van der Waals surface area contributed by atoms with Gasteiger partial charge < -0.3 is 9.84 Å². The van der Waals surface area contributed by atoms with Gasteiger partial charge in [0.1, 0.15) is 11.5 Å². The van der Waals surface area contributed by atoms with Crippen molar-refractivity contribution < 1.29 is 27.9 Å². The van der Waals surface area contributed by atoms with E-state index < -0.39 is 27.2 Å². The number of Topliss-reactive ketones (excluding diaryl/α,β-unsaturated/α-hetero) is 1. The smallest absolute Gasteiger partial charge is 0.316 e. The van der Waals surface area contributed by atoms with E-state index >= 15 is 0 Å². The Morgan fingerprint density at radius 2 is 1.67 bits per heavy atom. The Kier molecular flexibility index (Phi) is 5.24. The molecule has 158 valence electrons. The SMILES string of the molecule is CC(=O)c1cn(S(=O)(=O)c2ccc(C)cc2)c2cc(OC(=O)C(C)(C)C)cc(O)c12. The molecule has 3 rings (SSSR count). The highest BCUT2D eigenvalue weighted by Gasteiger charge is 2.27. The third-order valence-corrected chi connectivity index (χ3v) is 6.29. The van der Waals surface area contributed by atoms with Crippen molar-refractivity contribution in [2.24, 2.45) is 5.41 Å². The summed E-state index contributed by atoms with van der Waals surface area (Å²) in [6, 6.07) is 8.79. The number of ketones is 1. The highest BCUT2D eigenvalue weighted by molar-refractivity contribution is 7.90. The molecule has 0 aliphatic carbocycles. The number of benzene rings is 2. The molecule has 1 N–H and O–H groups in total. The first-order valence-electron chi connectivity index (χ1n) is 9.26. The molecule has 2 aromatic carbocycles. The molecule has 7 nitrogen and oxygen atoms in total. The summed E-state index contributed by atoms with van der Waals surface area (Å²) in [6.07, 6.45) is 1.18. The van der Waals surface area contributed by atoms with Gasteiger partial charge in [0.15, 0.2) is 5.78 Å². The van der Waals surface area contributed by atoms with Crippen molar-refractivity contribution in [1.29, 1.82) is 0 Å². The van der Waals surface area contributed by atoms with E-state index in [4.69, 9.17) is 4.74 Å². The normalized spacial score (nSPS) is 12.2. The largest absolute Gasteiger partial charge is 0.507 e. The van der Waals surface area contributed by atoms with Gasteiger partial charge in [-0.15, -0.1) is 0 Å². The predicted octanol–water partition coefficient (Wildman–Crippen LogP) is 4.05. The third-order valence-electron chi connectivity index (χ3n) is 4.60. The molecule has 0 bridgehead atoms. The average Bonchev–Trinajstić information content (AvgIpc) is 3.02. The van der Waals surface area contributed by atoms with E-state index in [1.54, 1.807) is 32.9 Å². The summed E-state index contributed by atoms with van der Waals surface area (Å²) in [5.74, 6) is -1.33. The van der Waals surface area contributed by atoms with E-state index in [1.807, 2.05) is 6.92 Å². The Bertz CT molecular complexity index is 1260. The minimum absolute atomic E-state index is 0.0199. The van der Waals surface area contributed by atoms with Crippen molar-refractivity contribution in [1.82, 2.24) is 3.97 Å². The molecule has 0 fully saturated rings. The first kappa shape index (κ1) is 21.6. The Hall–Kier alpha value is -3.13. The fourth-order valence-electron chi connectivity index (χ4n) is 2.90. The van der Waals surface area contributed by atoms with Crippen LogP contribution in [0.25, 0.3) is 10.9 Å². The van der Waals surface area contributed by atoms with Crippen LogP contribution in [0.1, 0.15) is 43.6 Å². The first-order chi connectivity index (χ1) is 13.8. The molecule has 0 radical (unpaired) electrons. The summed E-state index contributed by atoms with van der Waals surface area (Å²) >= 11 is 0. The fourth-order valence-corrected chi connectivity index (χ4v) is 4.25. The number of rotatable bonds is 4. The lowest BCUT2D eigenvalue weighted by Gasteiger charge is -2.17. The number of hydrogen-bond donors (Lipinski definition) is 1. The highest BCUT2D eigenvalue weighted by Crippen LogP contribution is 2.37. The maximum Gasteiger partial charge on any atom is 0.316 e. The maximum atomic E-state index is 13.3. The van der Waals surface area contributed by atoms with Crippen LogP contribution in [0.3, 0.4) is 0 Å². The van der Waals surface area contributed by atoms with Crippen molar-refractivity contribution in [2.75, 3.05) is 0 Å². The number of ether oxygens (including phenoxy) is 1. The van der Waals surface area contributed by atoms with E-state index in [9.17, 15) is 23.1 Å². The number of phenols is 1. The first-order valence-corrected chi connectivity index (χ1v) is 10.7. The van der Waals surface area contributed by atoms with Crippen LogP contribution in [-0.4, -0.2) is 29.2 Å². The van der Waals surface area contributed by atoms with Crippen molar-refractivity contribution in [2.45, 2.75) is 39.5 Å². The van der Waals surface area contributed by atoms with Gasteiger partial charge in [-0.2, -0.15) is 0 Å². The van der Waals surface area contributed by atoms with Gasteiger partial charge in [-0.1, -0.05) is 17.7 Å². The molecule has 8 heteroatoms. The zero-order chi connectivity index (χ0) is 22.4. The van der Waals surface area contributed by atoms with Crippen molar-refractivity contribution in [3.8, 4) is 11.5 Å².